The maximum atomic E-state index is 13.2. The molecule has 3 aromatic rings. The summed E-state index contributed by atoms with van der Waals surface area (Å²) in [5.74, 6) is -0.609. The minimum atomic E-state index is -4.74. The molecule has 134 valence electrons. The molecule has 26 heavy (non-hydrogen) atoms. The van der Waals surface area contributed by atoms with Gasteiger partial charge in [0.1, 0.15) is 0 Å². The van der Waals surface area contributed by atoms with Gasteiger partial charge in [-0.1, -0.05) is 23.7 Å². The van der Waals surface area contributed by atoms with Crippen LogP contribution in [0.5, 0.6) is 0 Å². The van der Waals surface area contributed by atoms with Gasteiger partial charge in [0.05, 0.1) is 11.0 Å². The first-order valence-corrected chi connectivity index (χ1v) is 7.63. The normalized spacial score (nSPS) is 11.2. The Morgan fingerprint density at radius 2 is 1.58 bits per heavy atom. The Kier molecular flexibility index (Phi) is 4.81. The molecule has 0 aliphatic rings. The number of halogens is 4. The van der Waals surface area contributed by atoms with Gasteiger partial charge in [-0.05, 0) is 36.4 Å². The number of hydrogen-bond acceptors (Lipinski definition) is 4. The zero-order chi connectivity index (χ0) is 18.7. The lowest BCUT2D eigenvalue weighted by Gasteiger charge is -2.14. The Balaban J connectivity index is 1.78. The summed E-state index contributed by atoms with van der Waals surface area (Å²) < 4.78 is 39.6. The average Bonchev–Trinajstić information content (AvgIpc) is 2.60. The molecule has 3 N–H and O–H groups in total. The molecule has 0 radical (unpaired) electrons. The third-order valence-electron chi connectivity index (χ3n) is 3.24. The van der Waals surface area contributed by atoms with E-state index >= 15 is 0 Å². The summed E-state index contributed by atoms with van der Waals surface area (Å²) in [4.78, 5) is 19.3. The molecule has 2 amide bonds. The number of nitrogens with zero attached hydrogens (tertiary/aromatic N) is 2. The molecule has 0 saturated carbocycles. The van der Waals surface area contributed by atoms with Gasteiger partial charge < -0.3 is 5.32 Å². The van der Waals surface area contributed by atoms with Gasteiger partial charge in [-0.15, -0.1) is 0 Å². The summed E-state index contributed by atoms with van der Waals surface area (Å²) in [5.41, 5.74) is 3.79. The Morgan fingerprint density at radius 1 is 0.962 bits per heavy atom. The molecule has 1 aromatic heterocycles. The van der Waals surface area contributed by atoms with Crippen LogP contribution in [0.1, 0.15) is 5.69 Å². The number of urea groups is 1. The number of hydrazine groups is 1. The standard InChI is InChI=1S/C16H11ClF3N5O/c17-9-5-7-10(8-6-9)21-15(26)25-24-14-13(16(18,19)20)22-11-3-1-2-4-12(11)23-14/h1-8H,(H,23,24)(H2,21,25,26). The number of carbonyl (C=O) groups is 1. The SMILES string of the molecule is O=C(NNc1nc2ccccc2nc1C(F)(F)F)Nc1ccc(Cl)cc1. The van der Waals surface area contributed by atoms with E-state index < -0.39 is 23.7 Å². The molecule has 0 aliphatic carbocycles. The fraction of sp³-hybridized carbons (Fsp3) is 0.0625. The molecule has 0 unspecified atom stereocenters. The second kappa shape index (κ2) is 7.04. The van der Waals surface area contributed by atoms with E-state index in [-0.39, 0.29) is 11.0 Å². The Morgan fingerprint density at radius 3 is 2.19 bits per heavy atom. The maximum Gasteiger partial charge on any atom is 0.437 e. The quantitative estimate of drug-likeness (QED) is 0.586. The fourth-order valence-corrected chi connectivity index (χ4v) is 2.22. The van der Waals surface area contributed by atoms with E-state index in [0.717, 1.165) is 0 Å². The number of carbonyl (C=O) groups excluding carboxylic acids is 1. The topological polar surface area (TPSA) is 78.9 Å². The van der Waals surface area contributed by atoms with Gasteiger partial charge >= 0.3 is 12.2 Å². The van der Waals surface area contributed by atoms with Crippen molar-refractivity contribution in [2.75, 3.05) is 10.7 Å². The number of alkyl halides is 3. The van der Waals surface area contributed by atoms with Crippen molar-refractivity contribution in [3.8, 4) is 0 Å². The van der Waals surface area contributed by atoms with E-state index in [1.165, 1.54) is 12.1 Å². The maximum absolute atomic E-state index is 13.2. The monoisotopic (exact) mass is 381 g/mol. The predicted molar refractivity (Wildman–Crippen MR) is 91.8 cm³/mol. The van der Waals surface area contributed by atoms with Gasteiger partial charge in [-0.25, -0.2) is 20.2 Å². The summed E-state index contributed by atoms with van der Waals surface area (Å²) in [7, 11) is 0. The van der Waals surface area contributed by atoms with Crippen LogP contribution in [0.2, 0.25) is 5.02 Å². The molecule has 1 heterocycles. The molecular formula is C16H11ClF3N5O. The molecule has 10 heteroatoms. The first-order valence-electron chi connectivity index (χ1n) is 7.25. The fourth-order valence-electron chi connectivity index (χ4n) is 2.10. The number of fused-ring (bicyclic) bond motifs is 1. The lowest BCUT2D eigenvalue weighted by Crippen LogP contribution is -2.35. The third kappa shape index (κ3) is 4.12. The number of nitrogens with one attached hydrogen (secondary N) is 3. The van der Waals surface area contributed by atoms with Gasteiger partial charge in [-0.2, -0.15) is 13.2 Å². The van der Waals surface area contributed by atoms with Crippen LogP contribution in [-0.4, -0.2) is 16.0 Å². The highest BCUT2D eigenvalue weighted by Crippen LogP contribution is 2.33. The van der Waals surface area contributed by atoms with Crippen LogP contribution >= 0.6 is 11.6 Å². The van der Waals surface area contributed by atoms with Crippen LogP contribution in [-0.2, 0) is 6.18 Å². The van der Waals surface area contributed by atoms with Crippen molar-refractivity contribution in [3.63, 3.8) is 0 Å². The summed E-state index contributed by atoms with van der Waals surface area (Å²) in [5, 5.41) is 2.92. The summed E-state index contributed by atoms with van der Waals surface area (Å²) in [6.07, 6.45) is -4.74. The lowest BCUT2D eigenvalue weighted by atomic mass is 10.3. The zero-order valence-electron chi connectivity index (χ0n) is 12.9. The molecule has 0 saturated heterocycles. The average molecular weight is 382 g/mol. The highest BCUT2D eigenvalue weighted by Gasteiger charge is 2.37. The number of rotatable bonds is 3. The van der Waals surface area contributed by atoms with E-state index in [9.17, 15) is 18.0 Å². The van der Waals surface area contributed by atoms with Crippen molar-refractivity contribution in [1.82, 2.24) is 15.4 Å². The summed E-state index contributed by atoms with van der Waals surface area (Å²) in [6.45, 7) is 0. The van der Waals surface area contributed by atoms with Crippen LogP contribution in [0.25, 0.3) is 11.0 Å². The number of aromatic nitrogens is 2. The molecule has 0 aliphatic heterocycles. The van der Waals surface area contributed by atoms with E-state index in [2.05, 4.69) is 26.1 Å². The highest BCUT2D eigenvalue weighted by molar-refractivity contribution is 6.30. The Labute approximate surface area is 150 Å². The van der Waals surface area contributed by atoms with E-state index in [1.807, 2.05) is 0 Å². The van der Waals surface area contributed by atoms with Crippen molar-refractivity contribution in [1.29, 1.82) is 0 Å². The minimum Gasteiger partial charge on any atom is -0.307 e. The van der Waals surface area contributed by atoms with Crippen LogP contribution in [0.15, 0.2) is 48.5 Å². The van der Waals surface area contributed by atoms with E-state index in [4.69, 9.17) is 11.6 Å². The van der Waals surface area contributed by atoms with Gasteiger partial charge in [0, 0.05) is 10.7 Å². The van der Waals surface area contributed by atoms with Gasteiger partial charge in [0.15, 0.2) is 11.5 Å². The molecular weight excluding hydrogens is 371 g/mol. The summed E-state index contributed by atoms with van der Waals surface area (Å²) >= 11 is 5.73. The van der Waals surface area contributed by atoms with Gasteiger partial charge in [0.25, 0.3) is 0 Å². The van der Waals surface area contributed by atoms with Gasteiger partial charge in [-0.3, -0.25) is 5.43 Å². The number of hydrogen-bond donors (Lipinski definition) is 3. The molecule has 2 aromatic carbocycles. The highest BCUT2D eigenvalue weighted by atomic mass is 35.5. The molecule has 3 rings (SSSR count). The van der Waals surface area contributed by atoms with Crippen molar-refractivity contribution in [3.05, 3.63) is 59.2 Å². The van der Waals surface area contributed by atoms with Crippen molar-refractivity contribution in [2.45, 2.75) is 6.18 Å². The van der Waals surface area contributed by atoms with Crippen LogP contribution in [0, 0.1) is 0 Å². The van der Waals surface area contributed by atoms with Crippen molar-refractivity contribution < 1.29 is 18.0 Å². The Bertz CT molecular complexity index is 947. The van der Waals surface area contributed by atoms with Crippen LogP contribution in [0.4, 0.5) is 29.5 Å². The third-order valence-corrected chi connectivity index (χ3v) is 3.49. The van der Waals surface area contributed by atoms with Crippen molar-refractivity contribution in [2.24, 2.45) is 0 Å². The molecule has 6 nitrogen and oxygen atoms in total. The molecule has 0 atom stereocenters. The molecule has 0 fully saturated rings. The first-order chi connectivity index (χ1) is 12.3. The van der Waals surface area contributed by atoms with Gasteiger partial charge in [0.2, 0.25) is 0 Å². The van der Waals surface area contributed by atoms with Crippen LogP contribution in [0.3, 0.4) is 0 Å². The molecule has 0 spiro atoms. The second-order valence-corrected chi connectivity index (χ2v) is 5.55. The van der Waals surface area contributed by atoms with E-state index in [1.54, 1.807) is 36.4 Å². The number of amides is 2. The number of para-hydroxylation sites is 2. The lowest BCUT2D eigenvalue weighted by molar-refractivity contribution is -0.140. The molecule has 0 bridgehead atoms. The smallest absolute Gasteiger partial charge is 0.307 e. The summed E-state index contributed by atoms with van der Waals surface area (Å²) in [6, 6.07) is 11.5. The number of anilines is 2. The zero-order valence-corrected chi connectivity index (χ0v) is 13.7. The van der Waals surface area contributed by atoms with Crippen LogP contribution < -0.4 is 16.2 Å². The van der Waals surface area contributed by atoms with Crippen molar-refractivity contribution >= 4 is 40.2 Å². The van der Waals surface area contributed by atoms with E-state index in [0.29, 0.717) is 10.7 Å². The minimum absolute atomic E-state index is 0.0935. The first kappa shape index (κ1) is 17.7. The predicted octanol–water partition coefficient (Wildman–Crippen LogP) is 4.45. The number of benzene rings is 2. The second-order valence-electron chi connectivity index (χ2n) is 5.12. The largest absolute Gasteiger partial charge is 0.437 e. The Hall–Kier alpha value is -3.07.